The summed E-state index contributed by atoms with van der Waals surface area (Å²) in [5, 5.41) is 12.0. The van der Waals surface area contributed by atoms with Crippen molar-refractivity contribution in [2.45, 2.75) is 19.5 Å². The quantitative estimate of drug-likeness (QED) is 0.935. The molecule has 0 saturated heterocycles. The largest absolute Gasteiger partial charge is 0.449 e. The summed E-state index contributed by atoms with van der Waals surface area (Å²) < 4.78 is 6.40. The molecule has 0 spiro atoms. The van der Waals surface area contributed by atoms with Crippen LogP contribution < -0.4 is 5.32 Å². The van der Waals surface area contributed by atoms with Crippen molar-refractivity contribution in [1.29, 1.82) is 5.26 Å². The molecule has 1 unspecified atom stereocenters. The van der Waals surface area contributed by atoms with E-state index in [9.17, 15) is 0 Å². The molecule has 0 saturated carbocycles. The first-order valence-electron chi connectivity index (χ1n) is 5.67. The van der Waals surface area contributed by atoms with Crippen molar-refractivity contribution in [3.05, 3.63) is 58.0 Å². The summed E-state index contributed by atoms with van der Waals surface area (Å²) in [6, 6.07) is 13.8. The van der Waals surface area contributed by atoms with Crippen LogP contribution in [-0.2, 0) is 6.54 Å². The molecule has 1 N–H and O–H groups in total. The summed E-state index contributed by atoms with van der Waals surface area (Å²) in [4.78, 5) is 0. The van der Waals surface area contributed by atoms with Crippen molar-refractivity contribution >= 4 is 15.9 Å². The Labute approximate surface area is 115 Å². The van der Waals surface area contributed by atoms with Crippen LogP contribution in [0.3, 0.4) is 0 Å². The van der Waals surface area contributed by atoms with E-state index in [4.69, 9.17) is 9.68 Å². The molecular formula is C14H13BrN2O. The lowest BCUT2D eigenvalue weighted by atomic mass is 10.1. The van der Waals surface area contributed by atoms with E-state index in [1.807, 2.05) is 30.3 Å². The monoisotopic (exact) mass is 304 g/mol. The average molecular weight is 305 g/mol. The minimum absolute atomic E-state index is 0.205. The summed E-state index contributed by atoms with van der Waals surface area (Å²) in [6.07, 6.45) is 0. The number of hydrogen-bond donors (Lipinski definition) is 1. The van der Waals surface area contributed by atoms with Crippen LogP contribution in [0.5, 0.6) is 0 Å². The molecule has 0 aliphatic heterocycles. The third-order valence-electron chi connectivity index (χ3n) is 2.73. The second-order valence-electron chi connectivity index (χ2n) is 4.00. The molecule has 1 aromatic heterocycles. The molecule has 2 aromatic rings. The van der Waals surface area contributed by atoms with Gasteiger partial charge in [-0.05, 0) is 30.7 Å². The second-order valence-corrected chi connectivity index (χ2v) is 4.86. The number of halogens is 1. The molecule has 4 heteroatoms. The molecule has 3 nitrogen and oxygen atoms in total. The topological polar surface area (TPSA) is 49.0 Å². The number of rotatable bonds is 4. The van der Waals surface area contributed by atoms with Gasteiger partial charge in [0.1, 0.15) is 11.8 Å². The van der Waals surface area contributed by atoms with Gasteiger partial charge >= 0.3 is 0 Å². The fourth-order valence-electron chi connectivity index (χ4n) is 1.72. The van der Waals surface area contributed by atoms with E-state index in [2.05, 4.69) is 34.2 Å². The Morgan fingerprint density at radius 3 is 2.78 bits per heavy atom. The lowest BCUT2D eigenvalue weighted by Crippen LogP contribution is -2.18. The van der Waals surface area contributed by atoms with E-state index in [0.29, 0.717) is 12.3 Å². The van der Waals surface area contributed by atoms with Crippen LogP contribution in [0.15, 0.2) is 45.3 Å². The fraction of sp³-hybridized carbons (Fsp3) is 0.214. The highest BCUT2D eigenvalue weighted by atomic mass is 79.9. The predicted molar refractivity (Wildman–Crippen MR) is 72.8 cm³/mol. The molecule has 1 aromatic carbocycles. The SMILES string of the molecule is CC(NCc1ccc(C#N)o1)c1ccccc1Br. The number of nitrogens with one attached hydrogen (secondary N) is 1. The molecule has 0 aliphatic carbocycles. The van der Waals surface area contributed by atoms with E-state index in [0.717, 1.165) is 10.2 Å². The maximum absolute atomic E-state index is 8.67. The highest BCUT2D eigenvalue weighted by molar-refractivity contribution is 9.10. The number of furan rings is 1. The van der Waals surface area contributed by atoms with Gasteiger partial charge in [0.15, 0.2) is 0 Å². The van der Waals surface area contributed by atoms with Crippen molar-refractivity contribution in [2.24, 2.45) is 0 Å². The van der Waals surface area contributed by atoms with Crippen molar-refractivity contribution < 1.29 is 4.42 Å². The van der Waals surface area contributed by atoms with E-state index < -0.39 is 0 Å². The van der Waals surface area contributed by atoms with Crippen LogP contribution in [0.25, 0.3) is 0 Å². The minimum Gasteiger partial charge on any atom is -0.449 e. The van der Waals surface area contributed by atoms with Crippen LogP contribution in [0.4, 0.5) is 0 Å². The number of hydrogen-bond acceptors (Lipinski definition) is 3. The van der Waals surface area contributed by atoms with Gasteiger partial charge < -0.3 is 9.73 Å². The maximum Gasteiger partial charge on any atom is 0.203 e. The summed E-state index contributed by atoms with van der Waals surface area (Å²) in [6.45, 7) is 2.69. The number of nitriles is 1. The predicted octanol–water partition coefficient (Wildman–Crippen LogP) is 3.76. The zero-order chi connectivity index (χ0) is 13.0. The van der Waals surface area contributed by atoms with Gasteiger partial charge in [0.05, 0.1) is 6.54 Å². The molecule has 0 amide bonds. The zero-order valence-corrected chi connectivity index (χ0v) is 11.6. The van der Waals surface area contributed by atoms with Crippen molar-refractivity contribution in [1.82, 2.24) is 5.32 Å². The highest BCUT2D eigenvalue weighted by Crippen LogP contribution is 2.23. The Bertz CT molecular complexity index is 571. The lowest BCUT2D eigenvalue weighted by molar-refractivity contribution is 0.453. The van der Waals surface area contributed by atoms with Gasteiger partial charge in [-0.25, -0.2) is 0 Å². The Morgan fingerprint density at radius 2 is 2.11 bits per heavy atom. The molecule has 18 heavy (non-hydrogen) atoms. The average Bonchev–Trinajstić information content (AvgIpc) is 2.84. The van der Waals surface area contributed by atoms with Crippen LogP contribution in [0, 0.1) is 11.3 Å². The first kappa shape index (κ1) is 12.9. The molecule has 0 aliphatic rings. The summed E-state index contributed by atoms with van der Waals surface area (Å²) in [7, 11) is 0. The third kappa shape index (κ3) is 3.00. The summed E-state index contributed by atoms with van der Waals surface area (Å²) in [5.41, 5.74) is 1.20. The maximum atomic E-state index is 8.67. The minimum atomic E-state index is 0.205. The number of benzene rings is 1. The van der Waals surface area contributed by atoms with Crippen LogP contribution >= 0.6 is 15.9 Å². The Hall–Kier alpha value is -1.57. The van der Waals surface area contributed by atoms with Gasteiger partial charge in [-0.2, -0.15) is 5.26 Å². The van der Waals surface area contributed by atoms with Gasteiger partial charge in [0.2, 0.25) is 5.76 Å². The van der Waals surface area contributed by atoms with Gasteiger partial charge in [0, 0.05) is 10.5 Å². The zero-order valence-electron chi connectivity index (χ0n) is 9.98. The standard InChI is InChI=1S/C14H13BrN2O/c1-10(13-4-2-3-5-14(13)15)17-9-12-7-6-11(8-16)18-12/h2-7,10,17H,9H2,1H3. The first-order chi connectivity index (χ1) is 8.70. The normalized spacial score (nSPS) is 12.1. The number of nitrogens with zero attached hydrogens (tertiary/aromatic N) is 1. The smallest absolute Gasteiger partial charge is 0.203 e. The van der Waals surface area contributed by atoms with E-state index >= 15 is 0 Å². The summed E-state index contributed by atoms with van der Waals surface area (Å²) >= 11 is 3.53. The molecule has 2 rings (SSSR count). The Morgan fingerprint density at radius 1 is 1.33 bits per heavy atom. The second kappa shape index (κ2) is 5.85. The molecular weight excluding hydrogens is 292 g/mol. The van der Waals surface area contributed by atoms with E-state index in [1.165, 1.54) is 5.56 Å². The van der Waals surface area contributed by atoms with Gasteiger partial charge in [-0.15, -0.1) is 0 Å². The molecule has 0 fully saturated rings. The molecule has 1 heterocycles. The van der Waals surface area contributed by atoms with Crippen molar-refractivity contribution in [3.8, 4) is 6.07 Å². The van der Waals surface area contributed by atoms with E-state index in [-0.39, 0.29) is 6.04 Å². The fourth-order valence-corrected chi connectivity index (χ4v) is 2.35. The highest BCUT2D eigenvalue weighted by Gasteiger charge is 2.09. The lowest BCUT2D eigenvalue weighted by Gasteiger charge is -2.14. The van der Waals surface area contributed by atoms with Crippen LogP contribution in [0.1, 0.15) is 30.0 Å². The first-order valence-corrected chi connectivity index (χ1v) is 6.46. The van der Waals surface area contributed by atoms with Crippen LogP contribution in [0.2, 0.25) is 0 Å². The third-order valence-corrected chi connectivity index (χ3v) is 3.45. The summed E-state index contributed by atoms with van der Waals surface area (Å²) in [5.74, 6) is 1.12. The van der Waals surface area contributed by atoms with Crippen LogP contribution in [-0.4, -0.2) is 0 Å². The Kier molecular flexibility index (Phi) is 4.19. The van der Waals surface area contributed by atoms with Crippen molar-refractivity contribution in [3.63, 3.8) is 0 Å². The molecule has 0 radical (unpaired) electrons. The van der Waals surface area contributed by atoms with E-state index in [1.54, 1.807) is 6.07 Å². The van der Waals surface area contributed by atoms with Crippen molar-refractivity contribution in [2.75, 3.05) is 0 Å². The Balaban J connectivity index is 1.98. The van der Waals surface area contributed by atoms with Gasteiger partial charge in [-0.3, -0.25) is 0 Å². The van der Waals surface area contributed by atoms with Gasteiger partial charge in [0.25, 0.3) is 0 Å². The molecule has 92 valence electrons. The molecule has 1 atom stereocenters. The molecule has 0 bridgehead atoms. The van der Waals surface area contributed by atoms with Gasteiger partial charge in [-0.1, -0.05) is 34.1 Å².